The molecule has 5 nitrogen and oxygen atoms in total. The maximum atomic E-state index is 12.2. The minimum Gasteiger partial charge on any atom is -0.381 e. The van der Waals surface area contributed by atoms with Gasteiger partial charge in [0.1, 0.15) is 5.69 Å². The predicted octanol–water partition coefficient (Wildman–Crippen LogP) is 2.80. The molecule has 1 aromatic heterocycles. The molecule has 23 heavy (non-hydrogen) atoms. The van der Waals surface area contributed by atoms with Gasteiger partial charge in [-0.3, -0.25) is 9.89 Å². The van der Waals surface area contributed by atoms with E-state index in [1.54, 1.807) is 6.07 Å². The molecule has 2 N–H and O–H groups in total. The van der Waals surface area contributed by atoms with Crippen LogP contribution in [0.4, 0.5) is 0 Å². The molecule has 2 aromatic rings. The Kier molecular flexibility index (Phi) is 5.08. The molecule has 0 bridgehead atoms. The molecule has 1 saturated heterocycles. The molecule has 122 valence electrons. The first-order valence-corrected chi connectivity index (χ1v) is 8.27. The highest BCUT2D eigenvalue weighted by Gasteiger charge is 2.16. The van der Waals surface area contributed by atoms with E-state index in [4.69, 9.17) is 4.74 Å². The van der Waals surface area contributed by atoms with E-state index in [0.29, 0.717) is 18.2 Å². The van der Waals surface area contributed by atoms with Gasteiger partial charge in [-0.25, -0.2) is 0 Å². The predicted molar refractivity (Wildman–Crippen MR) is 89.3 cm³/mol. The van der Waals surface area contributed by atoms with Crippen LogP contribution in [-0.4, -0.2) is 35.9 Å². The summed E-state index contributed by atoms with van der Waals surface area (Å²) in [5.41, 5.74) is 3.59. The van der Waals surface area contributed by atoms with Crippen LogP contribution < -0.4 is 5.32 Å². The van der Waals surface area contributed by atoms with Gasteiger partial charge in [-0.15, -0.1) is 0 Å². The number of aromatic amines is 1. The van der Waals surface area contributed by atoms with E-state index >= 15 is 0 Å². The van der Waals surface area contributed by atoms with E-state index < -0.39 is 0 Å². The van der Waals surface area contributed by atoms with E-state index in [0.717, 1.165) is 43.7 Å². The van der Waals surface area contributed by atoms with Crippen LogP contribution in [0.2, 0.25) is 0 Å². The average Bonchev–Trinajstić information content (AvgIpc) is 3.11. The zero-order valence-corrected chi connectivity index (χ0v) is 13.5. The molecule has 0 spiro atoms. The van der Waals surface area contributed by atoms with Crippen molar-refractivity contribution in [3.8, 4) is 11.3 Å². The quantitative estimate of drug-likeness (QED) is 0.892. The van der Waals surface area contributed by atoms with Crippen molar-refractivity contribution < 1.29 is 9.53 Å². The highest BCUT2D eigenvalue weighted by molar-refractivity contribution is 5.93. The molecular formula is C18H23N3O2. The molecular weight excluding hydrogens is 290 g/mol. The molecule has 0 saturated carbocycles. The van der Waals surface area contributed by atoms with Gasteiger partial charge in [-0.2, -0.15) is 5.10 Å². The molecule has 1 atom stereocenters. The number of nitrogens with zero attached hydrogens (tertiary/aromatic N) is 1. The molecule has 1 aliphatic rings. The summed E-state index contributed by atoms with van der Waals surface area (Å²) in [6, 6.07) is 10.1. The summed E-state index contributed by atoms with van der Waals surface area (Å²) in [6.45, 7) is 4.35. The second kappa shape index (κ2) is 7.42. The second-order valence-corrected chi connectivity index (χ2v) is 6.01. The topological polar surface area (TPSA) is 67.0 Å². The van der Waals surface area contributed by atoms with Crippen LogP contribution in [0.1, 0.15) is 35.8 Å². The Morgan fingerprint density at radius 2 is 2.22 bits per heavy atom. The number of benzene rings is 1. The molecule has 1 aromatic carbocycles. The largest absolute Gasteiger partial charge is 0.381 e. The molecule has 3 rings (SSSR count). The Hall–Kier alpha value is -2.14. The van der Waals surface area contributed by atoms with E-state index in [2.05, 4.69) is 34.6 Å². The van der Waals surface area contributed by atoms with Crippen LogP contribution >= 0.6 is 0 Å². The summed E-state index contributed by atoms with van der Waals surface area (Å²) in [7, 11) is 0. The monoisotopic (exact) mass is 313 g/mol. The summed E-state index contributed by atoms with van der Waals surface area (Å²) in [5, 5.41) is 10.0. The lowest BCUT2D eigenvalue weighted by molar-refractivity contribution is 0.0535. The second-order valence-electron chi connectivity index (χ2n) is 6.01. The number of carbonyl (C=O) groups excluding carboxylic acids is 1. The van der Waals surface area contributed by atoms with Gasteiger partial charge in [0.05, 0.1) is 12.3 Å². The van der Waals surface area contributed by atoms with E-state index in [-0.39, 0.29) is 5.91 Å². The maximum absolute atomic E-state index is 12.2. The van der Waals surface area contributed by atoms with Gasteiger partial charge in [0.2, 0.25) is 0 Å². The highest BCUT2D eigenvalue weighted by atomic mass is 16.5. The molecule has 5 heteroatoms. The van der Waals surface area contributed by atoms with Crippen LogP contribution in [0.15, 0.2) is 30.3 Å². The lowest BCUT2D eigenvalue weighted by Gasteiger charge is -2.21. The summed E-state index contributed by atoms with van der Waals surface area (Å²) in [6.07, 6.45) is 3.19. The zero-order chi connectivity index (χ0) is 16.1. The van der Waals surface area contributed by atoms with E-state index in [1.807, 2.05) is 12.1 Å². The Bertz CT molecular complexity index is 643. The number of rotatable bonds is 5. The van der Waals surface area contributed by atoms with E-state index in [9.17, 15) is 4.79 Å². The third-order valence-corrected chi connectivity index (χ3v) is 4.29. The Labute approximate surface area is 136 Å². The molecule has 0 aliphatic carbocycles. The lowest BCUT2D eigenvalue weighted by Crippen LogP contribution is -2.33. The fourth-order valence-corrected chi connectivity index (χ4v) is 2.80. The van der Waals surface area contributed by atoms with Crippen LogP contribution in [0, 0.1) is 5.92 Å². The molecule has 2 heterocycles. The fraction of sp³-hybridized carbons (Fsp3) is 0.444. The Morgan fingerprint density at radius 3 is 2.91 bits per heavy atom. The normalized spacial score (nSPS) is 17.9. The first-order chi connectivity index (χ1) is 11.3. The number of nitrogens with one attached hydrogen (secondary N) is 2. The smallest absolute Gasteiger partial charge is 0.269 e. The van der Waals surface area contributed by atoms with Gasteiger partial charge in [0.15, 0.2) is 0 Å². The minimum absolute atomic E-state index is 0.112. The van der Waals surface area contributed by atoms with Gasteiger partial charge in [0, 0.05) is 18.7 Å². The van der Waals surface area contributed by atoms with Crippen molar-refractivity contribution in [2.45, 2.75) is 26.2 Å². The van der Waals surface area contributed by atoms with Gasteiger partial charge in [-0.1, -0.05) is 31.2 Å². The molecule has 0 radical (unpaired) electrons. The van der Waals surface area contributed by atoms with Crippen molar-refractivity contribution in [3.05, 3.63) is 41.6 Å². The summed E-state index contributed by atoms with van der Waals surface area (Å²) < 4.78 is 5.43. The first kappa shape index (κ1) is 15.7. The number of hydrogen-bond acceptors (Lipinski definition) is 3. The van der Waals surface area contributed by atoms with Gasteiger partial charge in [-0.05, 0) is 36.8 Å². The van der Waals surface area contributed by atoms with Crippen molar-refractivity contribution >= 4 is 5.91 Å². The number of aromatic nitrogens is 2. The number of hydrogen-bond donors (Lipinski definition) is 2. The number of amides is 1. The molecule has 0 unspecified atom stereocenters. The average molecular weight is 313 g/mol. The first-order valence-electron chi connectivity index (χ1n) is 8.27. The van der Waals surface area contributed by atoms with Crippen molar-refractivity contribution in [3.63, 3.8) is 0 Å². The highest BCUT2D eigenvalue weighted by Crippen LogP contribution is 2.19. The standard InChI is InChI=1S/C18H23N3O2/c1-2-13-5-7-15(8-6-13)16-10-17(21-20-16)18(22)19-11-14-4-3-9-23-12-14/h5-8,10,14H,2-4,9,11-12H2,1H3,(H,19,22)(H,20,21)/t14-/m1/s1. The van der Waals surface area contributed by atoms with Crippen LogP contribution in [0.5, 0.6) is 0 Å². The van der Waals surface area contributed by atoms with Crippen molar-refractivity contribution in [1.82, 2.24) is 15.5 Å². The zero-order valence-electron chi connectivity index (χ0n) is 13.5. The number of ether oxygens (including phenoxy) is 1. The lowest BCUT2D eigenvalue weighted by atomic mass is 10.0. The van der Waals surface area contributed by atoms with Gasteiger partial charge < -0.3 is 10.1 Å². The van der Waals surface area contributed by atoms with Gasteiger partial charge >= 0.3 is 0 Å². The Morgan fingerprint density at radius 1 is 1.39 bits per heavy atom. The van der Waals surface area contributed by atoms with E-state index in [1.165, 1.54) is 5.56 Å². The van der Waals surface area contributed by atoms with Crippen LogP contribution in [0.3, 0.4) is 0 Å². The summed E-state index contributed by atoms with van der Waals surface area (Å²) in [4.78, 5) is 12.2. The molecule has 1 fully saturated rings. The van der Waals surface area contributed by atoms with Gasteiger partial charge in [0.25, 0.3) is 5.91 Å². The summed E-state index contributed by atoms with van der Waals surface area (Å²) in [5.74, 6) is 0.302. The number of H-pyrrole nitrogens is 1. The third kappa shape index (κ3) is 3.99. The minimum atomic E-state index is -0.112. The number of carbonyl (C=O) groups is 1. The molecule has 1 amide bonds. The van der Waals surface area contributed by atoms with Crippen LogP contribution in [0.25, 0.3) is 11.3 Å². The van der Waals surface area contributed by atoms with Crippen molar-refractivity contribution in [1.29, 1.82) is 0 Å². The Balaban J connectivity index is 1.60. The third-order valence-electron chi connectivity index (χ3n) is 4.29. The number of aryl methyl sites for hydroxylation is 1. The maximum Gasteiger partial charge on any atom is 0.269 e. The van der Waals surface area contributed by atoms with Crippen LogP contribution in [-0.2, 0) is 11.2 Å². The summed E-state index contributed by atoms with van der Waals surface area (Å²) >= 11 is 0. The van der Waals surface area contributed by atoms with Crippen molar-refractivity contribution in [2.75, 3.05) is 19.8 Å². The van der Waals surface area contributed by atoms with Crippen molar-refractivity contribution in [2.24, 2.45) is 5.92 Å². The fourth-order valence-electron chi connectivity index (χ4n) is 2.80. The SMILES string of the molecule is CCc1ccc(-c2cc(C(=O)NC[C@H]3CCCOC3)[nH]n2)cc1. The molecule has 1 aliphatic heterocycles.